The first kappa shape index (κ1) is 24.0. The van der Waals surface area contributed by atoms with Crippen LogP contribution in [0, 0.1) is 29.6 Å². The second-order valence-electron chi connectivity index (χ2n) is 8.04. The van der Waals surface area contributed by atoms with E-state index < -0.39 is 14.6 Å². The highest BCUT2D eigenvalue weighted by Gasteiger charge is 2.41. The first-order chi connectivity index (χ1) is 15.3. The van der Waals surface area contributed by atoms with Gasteiger partial charge in [-0.2, -0.15) is 5.26 Å². The lowest BCUT2D eigenvalue weighted by atomic mass is 9.95. The fraction of sp³-hybridized carbons (Fsp3) is 0.727. The van der Waals surface area contributed by atoms with Crippen LogP contribution in [0.3, 0.4) is 0 Å². The number of hydrogen-bond donors (Lipinski definition) is 1. The van der Waals surface area contributed by atoms with Gasteiger partial charge in [0.1, 0.15) is 6.61 Å². The lowest BCUT2D eigenvalue weighted by molar-refractivity contribution is -0.121. The Morgan fingerprint density at radius 2 is 2.19 bits per heavy atom. The van der Waals surface area contributed by atoms with E-state index >= 15 is 0 Å². The topological polar surface area (TPSA) is 93.0 Å². The molecule has 2 heterocycles. The van der Waals surface area contributed by atoms with Crippen molar-refractivity contribution in [2.24, 2.45) is 5.92 Å². The van der Waals surface area contributed by atoms with E-state index in [9.17, 15) is 4.79 Å². The lowest BCUT2D eigenvalue weighted by Crippen LogP contribution is -2.40. The zero-order chi connectivity index (χ0) is 23.7. The third-order valence-electron chi connectivity index (χ3n) is 4.99. The zero-order valence-electron chi connectivity index (χ0n) is 19.7. The van der Waals surface area contributed by atoms with Gasteiger partial charge in [-0.05, 0) is 40.7 Å². The van der Waals surface area contributed by atoms with E-state index in [1.165, 1.54) is 0 Å². The molecule has 0 bridgehead atoms. The van der Waals surface area contributed by atoms with Crippen LogP contribution in [-0.4, -0.2) is 60.7 Å². The number of rotatable bonds is 11. The Morgan fingerprint density at radius 1 is 1.45 bits per heavy atom. The van der Waals surface area contributed by atoms with E-state index in [-0.39, 0.29) is 68.4 Å². The van der Waals surface area contributed by atoms with Gasteiger partial charge in [-0.25, -0.2) is 4.67 Å². The summed E-state index contributed by atoms with van der Waals surface area (Å²) in [6.07, 6.45) is 6.86. The Kier molecular flexibility index (Phi) is 9.58. The molecule has 1 fully saturated rings. The minimum Gasteiger partial charge on any atom is -0.476 e. The molecule has 31 heavy (non-hydrogen) atoms. The SMILES string of the molecule is [2H]C[C@H]1O[C@@H](C2C=C(OCC#C)C(=O)NC2)CC1OP(OCCC#N)N(C(C)C)C(C)C. The number of nitrogens with one attached hydrogen (secondary N) is 1. The van der Waals surface area contributed by atoms with Crippen LogP contribution in [0.15, 0.2) is 11.8 Å². The monoisotopic (exact) mass is 452 g/mol. The van der Waals surface area contributed by atoms with E-state index in [2.05, 4.69) is 49.7 Å². The molecule has 2 aliphatic heterocycles. The van der Waals surface area contributed by atoms with E-state index in [0.29, 0.717) is 13.0 Å². The van der Waals surface area contributed by atoms with Crippen LogP contribution in [0.2, 0.25) is 0 Å². The predicted octanol–water partition coefficient (Wildman–Crippen LogP) is 3.10. The van der Waals surface area contributed by atoms with E-state index in [1.54, 1.807) is 6.08 Å². The van der Waals surface area contributed by atoms with Gasteiger partial charge in [-0.1, -0.05) is 5.92 Å². The molecule has 0 radical (unpaired) electrons. The molecular weight excluding hydrogens is 417 g/mol. The maximum atomic E-state index is 12.0. The number of amides is 1. The van der Waals surface area contributed by atoms with Crippen molar-refractivity contribution in [3.05, 3.63) is 11.8 Å². The Labute approximate surface area is 188 Å². The van der Waals surface area contributed by atoms with Crippen molar-refractivity contribution in [2.45, 2.75) is 77.8 Å². The van der Waals surface area contributed by atoms with Gasteiger partial charge in [-0.15, -0.1) is 6.42 Å². The summed E-state index contributed by atoms with van der Waals surface area (Å²) in [6, 6.07) is 2.46. The normalized spacial score (nSPS) is 27.5. The van der Waals surface area contributed by atoms with Crippen LogP contribution in [0.4, 0.5) is 0 Å². The summed E-state index contributed by atoms with van der Waals surface area (Å²) < 4.78 is 34.1. The van der Waals surface area contributed by atoms with Crippen LogP contribution in [0.1, 0.15) is 48.8 Å². The fourth-order valence-electron chi connectivity index (χ4n) is 3.64. The van der Waals surface area contributed by atoms with Gasteiger partial charge in [0.05, 0.1) is 37.4 Å². The highest BCUT2D eigenvalue weighted by atomic mass is 31.2. The van der Waals surface area contributed by atoms with Crippen molar-refractivity contribution in [1.29, 1.82) is 5.26 Å². The molecule has 1 N–H and O–H groups in total. The fourth-order valence-corrected chi connectivity index (χ4v) is 5.40. The zero-order valence-corrected chi connectivity index (χ0v) is 19.6. The van der Waals surface area contributed by atoms with Crippen LogP contribution in [0.25, 0.3) is 0 Å². The second kappa shape index (κ2) is 12.4. The van der Waals surface area contributed by atoms with Crippen LogP contribution >= 0.6 is 8.53 Å². The molecule has 9 heteroatoms. The molecule has 0 saturated carbocycles. The molecule has 2 rings (SSSR count). The number of nitrogens with zero attached hydrogens (tertiary/aromatic N) is 2. The van der Waals surface area contributed by atoms with Crippen molar-refractivity contribution in [2.75, 3.05) is 19.8 Å². The molecule has 0 aromatic rings. The van der Waals surface area contributed by atoms with Crippen molar-refractivity contribution < 1.29 is 24.7 Å². The first-order valence-electron chi connectivity index (χ1n) is 11.3. The molecule has 0 aliphatic carbocycles. The number of terminal acetylenes is 1. The predicted molar refractivity (Wildman–Crippen MR) is 118 cm³/mol. The maximum absolute atomic E-state index is 12.0. The summed E-state index contributed by atoms with van der Waals surface area (Å²) in [6.45, 7) is 9.09. The summed E-state index contributed by atoms with van der Waals surface area (Å²) in [5, 5.41) is 11.7. The lowest BCUT2D eigenvalue weighted by Gasteiger charge is -2.37. The summed E-state index contributed by atoms with van der Waals surface area (Å²) in [7, 11) is -1.43. The molecule has 0 aromatic carbocycles. The summed E-state index contributed by atoms with van der Waals surface area (Å²) in [4.78, 5) is 12.0. The summed E-state index contributed by atoms with van der Waals surface area (Å²) in [5.74, 6) is 2.15. The molecule has 172 valence electrons. The number of ether oxygens (including phenoxy) is 2. The molecule has 3 unspecified atom stereocenters. The van der Waals surface area contributed by atoms with Gasteiger partial charge in [0, 0.05) is 32.3 Å². The molecule has 0 spiro atoms. The highest BCUT2D eigenvalue weighted by Crippen LogP contribution is 2.49. The minimum absolute atomic E-state index is 0.0170. The van der Waals surface area contributed by atoms with Crippen LogP contribution in [0.5, 0.6) is 0 Å². The van der Waals surface area contributed by atoms with Crippen molar-refractivity contribution in [3.63, 3.8) is 0 Å². The first-order valence-corrected chi connectivity index (χ1v) is 11.7. The van der Waals surface area contributed by atoms with Crippen molar-refractivity contribution in [1.82, 2.24) is 9.99 Å². The largest absolute Gasteiger partial charge is 0.476 e. The van der Waals surface area contributed by atoms with Gasteiger partial charge in [0.25, 0.3) is 14.4 Å². The summed E-state index contributed by atoms with van der Waals surface area (Å²) >= 11 is 0. The Balaban J connectivity index is 2.14. The van der Waals surface area contributed by atoms with E-state index in [1.807, 2.05) is 0 Å². The van der Waals surface area contributed by atoms with Gasteiger partial charge in [-0.3, -0.25) is 4.79 Å². The molecule has 0 aromatic heterocycles. The van der Waals surface area contributed by atoms with E-state index in [0.717, 1.165) is 0 Å². The molecule has 8 nitrogen and oxygen atoms in total. The van der Waals surface area contributed by atoms with Crippen LogP contribution in [-0.2, 0) is 23.3 Å². The number of carbonyl (C=O) groups excluding carboxylic acids is 1. The highest BCUT2D eigenvalue weighted by molar-refractivity contribution is 7.44. The number of nitriles is 1. The third-order valence-corrected chi connectivity index (χ3v) is 7.15. The molecule has 1 amide bonds. The number of hydrogen-bond acceptors (Lipinski definition) is 7. The van der Waals surface area contributed by atoms with Gasteiger partial charge in [0.15, 0.2) is 5.76 Å². The molecular formula is C22H34N3O5P. The average Bonchev–Trinajstić information content (AvgIpc) is 3.15. The Hall–Kier alpha value is -1.67. The van der Waals surface area contributed by atoms with Crippen molar-refractivity contribution >= 4 is 14.4 Å². The van der Waals surface area contributed by atoms with Gasteiger partial charge >= 0.3 is 0 Å². The maximum Gasteiger partial charge on any atom is 0.286 e. The molecule has 5 atom stereocenters. The van der Waals surface area contributed by atoms with E-state index in [4.69, 9.17) is 31.6 Å². The third kappa shape index (κ3) is 7.17. The van der Waals surface area contributed by atoms with Gasteiger partial charge < -0.3 is 23.8 Å². The van der Waals surface area contributed by atoms with Crippen molar-refractivity contribution in [3.8, 4) is 18.4 Å². The summed E-state index contributed by atoms with van der Waals surface area (Å²) in [5.41, 5.74) is 0. The second-order valence-corrected chi connectivity index (χ2v) is 9.44. The van der Waals surface area contributed by atoms with Gasteiger partial charge in [0.2, 0.25) is 0 Å². The quantitative estimate of drug-likeness (QED) is 0.293. The molecule has 2 aliphatic rings. The number of carbonyl (C=O) groups is 1. The molecule has 1 saturated heterocycles. The standard InChI is InChI=1S/C22H34N3O5P/c1-7-10-27-21-12-18(14-24-22(21)26)20-13-19(17(6)29-20)30-31(28-11-8-9-23)25(15(2)3)16(4)5/h1,12,15-20H,8,10-11,13-14H2,2-6H3,(H,24,26)/t17-,18?,19?,20-,31?/m1/s1/i6D. The minimum atomic E-state index is -1.43. The van der Waals surface area contributed by atoms with Crippen LogP contribution < -0.4 is 5.32 Å². The smallest absolute Gasteiger partial charge is 0.286 e. The Bertz CT molecular complexity index is 728. The average molecular weight is 453 g/mol. The Morgan fingerprint density at radius 3 is 2.81 bits per heavy atom.